The van der Waals surface area contributed by atoms with Crippen molar-refractivity contribution in [2.75, 3.05) is 0 Å². The number of carboxylic acid groups (broad SMARTS) is 1. The van der Waals surface area contributed by atoms with Crippen molar-refractivity contribution in [1.29, 1.82) is 0 Å². The second kappa shape index (κ2) is 16.6. The smallest absolute Gasteiger partial charge is 0.303 e. The van der Waals surface area contributed by atoms with E-state index in [1.807, 2.05) is 6.08 Å². The molecule has 0 bridgehead atoms. The maximum atomic E-state index is 10.4. The van der Waals surface area contributed by atoms with E-state index in [1.165, 1.54) is 0 Å². The summed E-state index contributed by atoms with van der Waals surface area (Å²) in [5.74, 6) is -0.752. The van der Waals surface area contributed by atoms with E-state index in [0.717, 1.165) is 44.9 Å². The van der Waals surface area contributed by atoms with Crippen LogP contribution in [0.4, 0.5) is 0 Å². The minimum absolute atomic E-state index is 0.222. The van der Waals surface area contributed by atoms with Crippen molar-refractivity contribution in [3.63, 3.8) is 0 Å². The minimum Gasteiger partial charge on any atom is -0.481 e. The fourth-order valence-corrected chi connectivity index (χ4v) is 2.26. The molecule has 6 heteroatoms. The van der Waals surface area contributed by atoms with Crippen molar-refractivity contribution < 1.29 is 30.2 Å². The third-order valence-corrected chi connectivity index (χ3v) is 3.70. The van der Waals surface area contributed by atoms with Crippen molar-refractivity contribution >= 4 is 5.97 Å². The summed E-state index contributed by atoms with van der Waals surface area (Å²) in [5, 5.41) is 26.3. The maximum Gasteiger partial charge on any atom is 0.303 e. The van der Waals surface area contributed by atoms with E-state index < -0.39 is 18.2 Å². The Morgan fingerprint density at radius 2 is 1.67 bits per heavy atom. The van der Waals surface area contributed by atoms with Gasteiger partial charge in [0, 0.05) is 6.42 Å². The fourth-order valence-electron chi connectivity index (χ4n) is 2.26. The van der Waals surface area contributed by atoms with Crippen LogP contribution >= 0.6 is 0 Å². The molecule has 0 aromatic rings. The molecular weight excluding hydrogens is 312 g/mol. The summed E-state index contributed by atoms with van der Waals surface area (Å²) in [6, 6.07) is 0. The average molecular weight is 344 g/mol. The molecule has 6 nitrogen and oxygen atoms in total. The van der Waals surface area contributed by atoms with Crippen molar-refractivity contribution in [3.8, 4) is 0 Å². The maximum absolute atomic E-state index is 10.4. The van der Waals surface area contributed by atoms with Crippen molar-refractivity contribution in [3.05, 3.63) is 24.3 Å². The van der Waals surface area contributed by atoms with Gasteiger partial charge in [-0.1, -0.05) is 69.8 Å². The van der Waals surface area contributed by atoms with Crippen LogP contribution < -0.4 is 0 Å². The van der Waals surface area contributed by atoms with Gasteiger partial charge >= 0.3 is 5.97 Å². The summed E-state index contributed by atoms with van der Waals surface area (Å²) in [5.41, 5.74) is 0. The van der Waals surface area contributed by atoms with Crippen molar-refractivity contribution in [2.45, 2.75) is 83.3 Å². The first-order valence-electron chi connectivity index (χ1n) is 8.81. The van der Waals surface area contributed by atoms with Crippen LogP contribution in [0.25, 0.3) is 0 Å². The van der Waals surface area contributed by atoms with E-state index in [-0.39, 0.29) is 6.42 Å². The lowest BCUT2D eigenvalue weighted by molar-refractivity contribution is -0.268. The number of allylic oxidation sites excluding steroid dienone is 1. The standard InChI is InChI=1S/C18H32O6/c1-2-3-4-8-11-16(23-21)14-15-17(24-22)12-9-6-5-7-10-13-18(19)20/h8,11,14-17,21-22H,2-7,9-10,12-13H2,1H3,(H,19,20)/b11-8+,15-14+. The molecule has 0 rings (SSSR count). The molecule has 0 fully saturated rings. The average Bonchev–Trinajstić information content (AvgIpc) is 2.57. The van der Waals surface area contributed by atoms with Crippen LogP contribution in [-0.4, -0.2) is 33.8 Å². The number of aliphatic carboxylic acids is 1. The molecule has 0 aliphatic heterocycles. The number of carbonyl (C=O) groups is 1. The molecule has 0 aliphatic carbocycles. The fraction of sp³-hybridized carbons (Fsp3) is 0.722. The van der Waals surface area contributed by atoms with E-state index in [0.29, 0.717) is 12.8 Å². The number of hydrogen-bond acceptors (Lipinski definition) is 5. The molecule has 0 heterocycles. The largest absolute Gasteiger partial charge is 0.481 e. The first-order valence-corrected chi connectivity index (χ1v) is 8.81. The summed E-state index contributed by atoms with van der Waals surface area (Å²) >= 11 is 0. The second-order valence-corrected chi connectivity index (χ2v) is 5.87. The van der Waals surface area contributed by atoms with Gasteiger partial charge in [-0.2, -0.15) is 0 Å². The van der Waals surface area contributed by atoms with E-state index in [4.69, 9.17) is 15.6 Å². The molecule has 0 aliphatic rings. The Balaban J connectivity index is 3.93. The zero-order chi connectivity index (χ0) is 18.0. The number of carboxylic acids is 1. The molecule has 0 radical (unpaired) electrons. The van der Waals surface area contributed by atoms with Crippen LogP contribution in [-0.2, 0) is 14.6 Å². The lowest BCUT2D eigenvalue weighted by atomic mass is 10.1. The highest BCUT2D eigenvalue weighted by Gasteiger charge is 2.06. The molecule has 0 aromatic carbocycles. The first kappa shape index (κ1) is 22.8. The predicted octanol–water partition coefficient (Wildman–Crippen LogP) is 4.82. The molecule has 0 aromatic heterocycles. The molecule has 0 amide bonds. The van der Waals surface area contributed by atoms with Crippen LogP contribution in [0, 0.1) is 0 Å². The quantitative estimate of drug-likeness (QED) is 0.161. The summed E-state index contributed by atoms with van der Waals surface area (Å²) in [7, 11) is 0. The van der Waals surface area contributed by atoms with Gasteiger partial charge in [-0.05, 0) is 19.3 Å². The summed E-state index contributed by atoms with van der Waals surface area (Å²) < 4.78 is 0. The Kier molecular flexibility index (Phi) is 15.8. The molecule has 0 saturated heterocycles. The van der Waals surface area contributed by atoms with Gasteiger partial charge in [0.15, 0.2) is 0 Å². The van der Waals surface area contributed by atoms with E-state index in [2.05, 4.69) is 16.7 Å². The highest BCUT2D eigenvalue weighted by molar-refractivity contribution is 5.66. The highest BCUT2D eigenvalue weighted by atomic mass is 17.1. The van der Waals surface area contributed by atoms with Gasteiger partial charge in [-0.3, -0.25) is 15.3 Å². The molecule has 24 heavy (non-hydrogen) atoms. The second-order valence-electron chi connectivity index (χ2n) is 5.87. The number of hydrogen-bond donors (Lipinski definition) is 3. The Morgan fingerprint density at radius 1 is 0.958 bits per heavy atom. The molecular formula is C18H32O6. The first-order chi connectivity index (χ1) is 11.6. The monoisotopic (exact) mass is 344 g/mol. The van der Waals surface area contributed by atoms with E-state index in [9.17, 15) is 4.79 Å². The Hall–Kier alpha value is -1.21. The van der Waals surface area contributed by atoms with Crippen LogP contribution in [0.15, 0.2) is 24.3 Å². The molecule has 2 atom stereocenters. The Labute approximate surface area is 144 Å². The van der Waals surface area contributed by atoms with Crippen molar-refractivity contribution in [1.82, 2.24) is 0 Å². The van der Waals surface area contributed by atoms with Gasteiger partial charge < -0.3 is 5.11 Å². The van der Waals surface area contributed by atoms with Gasteiger partial charge in [0.1, 0.15) is 12.2 Å². The van der Waals surface area contributed by atoms with Gasteiger partial charge in [0.25, 0.3) is 0 Å². The summed E-state index contributed by atoms with van der Waals surface area (Å²) in [4.78, 5) is 19.2. The normalized spacial score (nSPS) is 14.5. The highest BCUT2D eigenvalue weighted by Crippen LogP contribution is 2.12. The summed E-state index contributed by atoms with van der Waals surface area (Å²) in [6.07, 6.45) is 14.5. The minimum atomic E-state index is -0.752. The lowest BCUT2D eigenvalue weighted by Gasteiger charge is -2.10. The molecule has 2 unspecified atom stereocenters. The van der Waals surface area contributed by atoms with Gasteiger partial charge in [-0.15, -0.1) is 0 Å². The zero-order valence-electron chi connectivity index (χ0n) is 14.6. The Bertz CT molecular complexity index is 353. The van der Waals surface area contributed by atoms with Gasteiger partial charge in [0.2, 0.25) is 0 Å². The third kappa shape index (κ3) is 14.4. The topological polar surface area (TPSA) is 96.2 Å². The lowest BCUT2D eigenvalue weighted by Crippen LogP contribution is -2.10. The third-order valence-electron chi connectivity index (χ3n) is 3.70. The van der Waals surface area contributed by atoms with Gasteiger partial charge in [-0.25, -0.2) is 9.78 Å². The predicted molar refractivity (Wildman–Crippen MR) is 92.8 cm³/mol. The number of rotatable bonds is 16. The number of unbranched alkanes of at least 4 members (excludes halogenated alkanes) is 6. The van der Waals surface area contributed by atoms with Gasteiger partial charge in [0.05, 0.1) is 0 Å². The van der Waals surface area contributed by atoms with E-state index in [1.54, 1.807) is 18.2 Å². The SMILES string of the molecule is CCCC/C=C/C(/C=C/C(CCCCCCCC(=O)O)OO)OO. The molecule has 0 spiro atoms. The van der Waals surface area contributed by atoms with Crippen LogP contribution in [0.3, 0.4) is 0 Å². The Morgan fingerprint density at radius 3 is 2.29 bits per heavy atom. The van der Waals surface area contributed by atoms with Crippen LogP contribution in [0.2, 0.25) is 0 Å². The zero-order valence-corrected chi connectivity index (χ0v) is 14.6. The van der Waals surface area contributed by atoms with Crippen LogP contribution in [0.1, 0.15) is 71.1 Å². The summed E-state index contributed by atoms with van der Waals surface area (Å²) in [6.45, 7) is 2.11. The molecule has 140 valence electrons. The molecule has 3 N–H and O–H groups in total. The van der Waals surface area contributed by atoms with Crippen molar-refractivity contribution in [2.24, 2.45) is 0 Å². The van der Waals surface area contributed by atoms with E-state index >= 15 is 0 Å². The molecule has 0 saturated carbocycles. The van der Waals surface area contributed by atoms with Crippen LogP contribution in [0.5, 0.6) is 0 Å².